The number of hydrogen-bond acceptors (Lipinski definition) is 4. The molecule has 0 radical (unpaired) electrons. The maximum atomic E-state index is 5.26. The van der Waals surface area contributed by atoms with Gasteiger partial charge in [-0.05, 0) is 24.6 Å². The largest absolute Gasteiger partial charge is 0.424 e. The van der Waals surface area contributed by atoms with Gasteiger partial charge in [0.1, 0.15) is 0 Å². The van der Waals surface area contributed by atoms with Gasteiger partial charge in [-0.1, -0.05) is 22.0 Å². The van der Waals surface area contributed by atoms with Crippen LogP contribution in [0, 0.1) is 13.8 Å². The summed E-state index contributed by atoms with van der Waals surface area (Å²) in [5, 5.41) is 10.9. The van der Waals surface area contributed by atoms with Crippen LogP contribution in [-0.2, 0) is 6.54 Å². The molecule has 1 aromatic heterocycles. The topological polar surface area (TPSA) is 51.0 Å². The molecular formula is C11H12BrN3O. The van der Waals surface area contributed by atoms with E-state index in [1.54, 1.807) is 6.92 Å². The van der Waals surface area contributed by atoms with Crippen molar-refractivity contribution in [3.63, 3.8) is 0 Å². The van der Waals surface area contributed by atoms with Gasteiger partial charge in [-0.25, -0.2) is 0 Å². The van der Waals surface area contributed by atoms with Crippen LogP contribution in [-0.4, -0.2) is 10.2 Å². The van der Waals surface area contributed by atoms with Gasteiger partial charge in [-0.3, -0.25) is 0 Å². The lowest BCUT2D eigenvalue weighted by Gasteiger charge is -2.05. The number of aryl methyl sites for hydroxylation is 2. The van der Waals surface area contributed by atoms with Gasteiger partial charge in [0, 0.05) is 17.1 Å². The molecule has 0 atom stereocenters. The van der Waals surface area contributed by atoms with E-state index in [4.69, 9.17) is 4.42 Å². The molecule has 0 spiro atoms. The molecule has 0 saturated carbocycles. The van der Waals surface area contributed by atoms with Gasteiger partial charge in [0.05, 0.1) is 6.54 Å². The Bertz CT molecular complexity index is 496. The van der Waals surface area contributed by atoms with E-state index in [1.165, 1.54) is 5.56 Å². The molecule has 0 aliphatic rings. The SMILES string of the molecule is Cc1nnc(CNc2ccc(C)c(Br)c2)o1. The summed E-state index contributed by atoms with van der Waals surface area (Å²) in [6.07, 6.45) is 0. The van der Waals surface area contributed by atoms with Crippen molar-refractivity contribution in [2.45, 2.75) is 20.4 Å². The number of benzene rings is 1. The third kappa shape index (κ3) is 2.61. The quantitative estimate of drug-likeness (QED) is 0.940. The van der Waals surface area contributed by atoms with E-state index in [9.17, 15) is 0 Å². The average Bonchev–Trinajstić information content (AvgIpc) is 2.66. The lowest BCUT2D eigenvalue weighted by atomic mass is 10.2. The first-order valence-electron chi connectivity index (χ1n) is 4.94. The minimum absolute atomic E-state index is 0.538. The third-order valence-electron chi connectivity index (χ3n) is 2.18. The van der Waals surface area contributed by atoms with Crippen LogP contribution >= 0.6 is 15.9 Å². The highest BCUT2D eigenvalue weighted by Crippen LogP contribution is 2.20. The highest BCUT2D eigenvalue weighted by Gasteiger charge is 2.02. The summed E-state index contributed by atoms with van der Waals surface area (Å²) in [6.45, 7) is 4.37. The minimum atomic E-state index is 0.538. The van der Waals surface area contributed by atoms with E-state index in [-0.39, 0.29) is 0 Å². The van der Waals surface area contributed by atoms with Gasteiger partial charge in [0.2, 0.25) is 11.8 Å². The van der Waals surface area contributed by atoms with Gasteiger partial charge >= 0.3 is 0 Å². The zero-order valence-electron chi connectivity index (χ0n) is 9.12. The predicted octanol–water partition coefficient (Wildman–Crippen LogP) is 3.06. The molecule has 0 aliphatic heterocycles. The van der Waals surface area contributed by atoms with Crippen LogP contribution in [0.5, 0.6) is 0 Å². The Labute approximate surface area is 102 Å². The number of halogens is 1. The molecule has 1 aromatic carbocycles. The molecular weight excluding hydrogens is 270 g/mol. The van der Waals surface area contributed by atoms with Crippen molar-refractivity contribution in [1.82, 2.24) is 10.2 Å². The molecule has 0 fully saturated rings. The van der Waals surface area contributed by atoms with E-state index >= 15 is 0 Å². The first-order valence-corrected chi connectivity index (χ1v) is 5.73. The van der Waals surface area contributed by atoms with Crippen molar-refractivity contribution in [2.24, 2.45) is 0 Å². The van der Waals surface area contributed by atoms with Crippen molar-refractivity contribution in [3.8, 4) is 0 Å². The van der Waals surface area contributed by atoms with Crippen LogP contribution in [0.25, 0.3) is 0 Å². The van der Waals surface area contributed by atoms with Crippen LogP contribution in [0.1, 0.15) is 17.3 Å². The number of anilines is 1. The van der Waals surface area contributed by atoms with E-state index in [0.29, 0.717) is 18.3 Å². The molecule has 0 amide bonds. The van der Waals surface area contributed by atoms with Gasteiger partial charge < -0.3 is 9.73 Å². The first-order chi connectivity index (χ1) is 7.65. The lowest BCUT2D eigenvalue weighted by Crippen LogP contribution is -1.99. The highest BCUT2D eigenvalue weighted by molar-refractivity contribution is 9.10. The molecule has 5 heteroatoms. The summed E-state index contributed by atoms with van der Waals surface area (Å²) < 4.78 is 6.35. The smallest absolute Gasteiger partial charge is 0.235 e. The normalized spacial score (nSPS) is 10.4. The molecule has 16 heavy (non-hydrogen) atoms. The van der Waals surface area contributed by atoms with Gasteiger partial charge in [-0.15, -0.1) is 10.2 Å². The van der Waals surface area contributed by atoms with Gasteiger partial charge in [-0.2, -0.15) is 0 Å². The van der Waals surface area contributed by atoms with Crippen LogP contribution in [0.15, 0.2) is 27.1 Å². The molecule has 0 aliphatic carbocycles. The maximum Gasteiger partial charge on any atom is 0.235 e. The molecule has 4 nitrogen and oxygen atoms in total. The molecule has 1 N–H and O–H groups in total. The van der Waals surface area contributed by atoms with Crippen molar-refractivity contribution in [2.75, 3.05) is 5.32 Å². The van der Waals surface area contributed by atoms with Crippen molar-refractivity contribution >= 4 is 21.6 Å². The van der Waals surface area contributed by atoms with E-state index < -0.39 is 0 Å². The third-order valence-corrected chi connectivity index (χ3v) is 3.04. The van der Waals surface area contributed by atoms with Crippen LogP contribution in [0.4, 0.5) is 5.69 Å². The van der Waals surface area contributed by atoms with E-state index in [0.717, 1.165) is 10.2 Å². The van der Waals surface area contributed by atoms with Gasteiger partial charge in [0.15, 0.2) is 0 Å². The molecule has 84 valence electrons. The summed E-state index contributed by atoms with van der Waals surface area (Å²) in [5.74, 6) is 1.18. The number of rotatable bonds is 3. The molecule has 0 unspecified atom stereocenters. The fourth-order valence-corrected chi connectivity index (χ4v) is 1.67. The summed E-state index contributed by atoms with van der Waals surface area (Å²) in [4.78, 5) is 0. The fourth-order valence-electron chi connectivity index (χ4n) is 1.29. The Balaban J connectivity index is 2.02. The summed E-state index contributed by atoms with van der Waals surface area (Å²) in [6, 6.07) is 6.09. The molecule has 1 heterocycles. The molecule has 2 rings (SSSR count). The number of nitrogens with one attached hydrogen (secondary N) is 1. The highest BCUT2D eigenvalue weighted by atomic mass is 79.9. The van der Waals surface area contributed by atoms with E-state index in [2.05, 4.69) is 38.4 Å². The van der Waals surface area contributed by atoms with Crippen LogP contribution in [0.3, 0.4) is 0 Å². The summed E-state index contributed by atoms with van der Waals surface area (Å²) >= 11 is 3.48. The molecule has 0 saturated heterocycles. The van der Waals surface area contributed by atoms with Crippen molar-refractivity contribution in [3.05, 3.63) is 40.0 Å². The monoisotopic (exact) mass is 281 g/mol. The van der Waals surface area contributed by atoms with Crippen molar-refractivity contribution < 1.29 is 4.42 Å². The second-order valence-corrected chi connectivity index (χ2v) is 4.39. The second kappa shape index (κ2) is 4.65. The zero-order chi connectivity index (χ0) is 11.5. The predicted molar refractivity (Wildman–Crippen MR) is 65.2 cm³/mol. The maximum absolute atomic E-state index is 5.26. The lowest BCUT2D eigenvalue weighted by molar-refractivity contribution is 0.475. The van der Waals surface area contributed by atoms with Crippen LogP contribution < -0.4 is 5.32 Å². The van der Waals surface area contributed by atoms with E-state index in [1.807, 2.05) is 18.2 Å². The minimum Gasteiger partial charge on any atom is -0.424 e. The van der Waals surface area contributed by atoms with Gasteiger partial charge in [0.25, 0.3) is 0 Å². The number of hydrogen-bond donors (Lipinski definition) is 1. The average molecular weight is 282 g/mol. The Morgan fingerprint density at radius 2 is 2.12 bits per heavy atom. The Kier molecular flexibility index (Phi) is 3.24. The second-order valence-electron chi connectivity index (χ2n) is 3.53. The molecule has 2 aromatic rings. The fraction of sp³-hybridized carbons (Fsp3) is 0.273. The first kappa shape index (κ1) is 11.1. The standard InChI is InChI=1S/C11H12BrN3O/c1-7-3-4-9(5-10(7)12)13-6-11-15-14-8(2)16-11/h3-5,13H,6H2,1-2H3. The summed E-state index contributed by atoms with van der Waals surface area (Å²) in [7, 11) is 0. The molecule has 0 bridgehead atoms. The number of nitrogens with zero attached hydrogens (tertiary/aromatic N) is 2. The van der Waals surface area contributed by atoms with Crippen molar-refractivity contribution in [1.29, 1.82) is 0 Å². The summed E-state index contributed by atoms with van der Waals surface area (Å²) in [5.41, 5.74) is 2.23. The Morgan fingerprint density at radius 1 is 1.31 bits per heavy atom. The Morgan fingerprint density at radius 3 is 2.75 bits per heavy atom. The zero-order valence-corrected chi connectivity index (χ0v) is 10.7. The number of aromatic nitrogens is 2. The van der Waals surface area contributed by atoms with Crippen LogP contribution in [0.2, 0.25) is 0 Å². The Hall–Kier alpha value is -1.36.